The summed E-state index contributed by atoms with van der Waals surface area (Å²) in [5.74, 6) is -0.765. The van der Waals surface area contributed by atoms with Crippen LogP contribution in [0.1, 0.15) is 36.6 Å². The zero-order chi connectivity index (χ0) is 23.7. The van der Waals surface area contributed by atoms with Gasteiger partial charge in [-0.05, 0) is 64.5 Å². The zero-order valence-electron chi connectivity index (χ0n) is 17.9. The maximum Gasteiger partial charge on any atom is 0.347 e. The molecule has 5 rings (SSSR count). The summed E-state index contributed by atoms with van der Waals surface area (Å²) in [4.78, 5) is 39.4. The van der Waals surface area contributed by atoms with Gasteiger partial charge in [0, 0.05) is 0 Å². The number of ether oxygens (including phenoxy) is 2. The molecule has 0 spiro atoms. The third-order valence-electron chi connectivity index (χ3n) is 5.36. The molecule has 10 nitrogen and oxygen atoms in total. The summed E-state index contributed by atoms with van der Waals surface area (Å²) in [6, 6.07) is 18.2. The molecule has 1 aromatic heterocycles. The average Bonchev–Trinajstić information content (AvgIpc) is 3.49. The number of methoxy groups -OCH3 is 1. The Balaban J connectivity index is 1.35. The van der Waals surface area contributed by atoms with Crippen LogP contribution in [0, 0.1) is 0 Å². The summed E-state index contributed by atoms with van der Waals surface area (Å²) in [5, 5.41) is 11.0. The first-order valence-electron chi connectivity index (χ1n) is 10.2. The van der Waals surface area contributed by atoms with Gasteiger partial charge in [-0.2, -0.15) is 0 Å². The van der Waals surface area contributed by atoms with Gasteiger partial charge in [-0.1, -0.05) is 18.2 Å². The van der Waals surface area contributed by atoms with Gasteiger partial charge in [0.05, 0.1) is 30.5 Å². The topological polar surface area (TPSA) is 117 Å². The molecular formula is C24H17N5O5. The number of rotatable bonds is 6. The van der Waals surface area contributed by atoms with Gasteiger partial charge in [0.15, 0.2) is 0 Å². The summed E-state index contributed by atoms with van der Waals surface area (Å²) >= 11 is 0. The predicted molar refractivity (Wildman–Crippen MR) is 118 cm³/mol. The molecule has 1 aliphatic heterocycles. The highest BCUT2D eigenvalue weighted by Gasteiger charge is 2.35. The number of amides is 2. The standard InChI is InChI=1S/C24H17N5O5/c1-33-21-11-6-15(13-28-22(30)18-4-2-3-5-19(18)23(28)31)12-20(21)24(32)34-17-9-7-16(8-10-17)29-14-25-26-27-29/h2-12,14H,13H2,1H3. The Morgan fingerprint density at radius 2 is 1.65 bits per heavy atom. The van der Waals surface area contributed by atoms with Crippen LogP contribution in [0.5, 0.6) is 11.5 Å². The molecule has 0 aliphatic carbocycles. The monoisotopic (exact) mass is 455 g/mol. The SMILES string of the molecule is COc1ccc(CN2C(=O)c3ccccc3C2=O)cc1C(=O)Oc1ccc(-n2cnnn2)cc1. The molecule has 0 unspecified atom stereocenters. The smallest absolute Gasteiger partial charge is 0.347 e. The van der Waals surface area contributed by atoms with Crippen molar-refractivity contribution < 1.29 is 23.9 Å². The van der Waals surface area contributed by atoms with E-state index in [0.29, 0.717) is 33.9 Å². The van der Waals surface area contributed by atoms with E-state index in [2.05, 4.69) is 15.5 Å². The van der Waals surface area contributed by atoms with E-state index in [9.17, 15) is 14.4 Å². The Bertz CT molecular complexity index is 1360. The Morgan fingerprint density at radius 3 is 2.26 bits per heavy atom. The molecule has 34 heavy (non-hydrogen) atoms. The van der Waals surface area contributed by atoms with Gasteiger partial charge < -0.3 is 9.47 Å². The Hall–Kier alpha value is -4.86. The minimum Gasteiger partial charge on any atom is -0.496 e. The van der Waals surface area contributed by atoms with E-state index in [4.69, 9.17) is 9.47 Å². The maximum atomic E-state index is 12.9. The molecule has 0 saturated heterocycles. The lowest BCUT2D eigenvalue weighted by Crippen LogP contribution is -2.29. The van der Waals surface area contributed by atoms with Crippen molar-refractivity contribution in [3.63, 3.8) is 0 Å². The predicted octanol–water partition coefficient (Wildman–Crippen LogP) is 2.69. The number of imide groups is 1. The van der Waals surface area contributed by atoms with Crippen LogP contribution in [0.25, 0.3) is 5.69 Å². The molecule has 10 heteroatoms. The van der Waals surface area contributed by atoms with E-state index in [-0.39, 0.29) is 23.9 Å². The normalized spacial score (nSPS) is 12.6. The van der Waals surface area contributed by atoms with Crippen LogP contribution < -0.4 is 9.47 Å². The van der Waals surface area contributed by atoms with Gasteiger partial charge in [-0.3, -0.25) is 14.5 Å². The van der Waals surface area contributed by atoms with Gasteiger partial charge in [0.2, 0.25) is 0 Å². The van der Waals surface area contributed by atoms with E-state index in [1.807, 2.05) is 0 Å². The van der Waals surface area contributed by atoms with Gasteiger partial charge in [-0.25, -0.2) is 9.48 Å². The van der Waals surface area contributed by atoms with Crippen LogP contribution in [-0.4, -0.2) is 50.0 Å². The van der Waals surface area contributed by atoms with Crippen LogP contribution in [0.15, 0.2) is 73.1 Å². The lowest BCUT2D eigenvalue weighted by Gasteiger charge is -2.16. The maximum absolute atomic E-state index is 12.9. The van der Waals surface area contributed by atoms with Crippen LogP contribution >= 0.6 is 0 Å². The fraction of sp³-hybridized carbons (Fsp3) is 0.0833. The minimum atomic E-state index is -0.642. The number of nitrogens with zero attached hydrogens (tertiary/aromatic N) is 5. The van der Waals surface area contributed by atoms with Crippen molar-refractivity contribution in [2.45, 2.75) is 6.54 Å². The summed E-state index contributed by atoms with van der Waals surface area (Å²) in [5.41, 5.74) is 2.18. The number of aromatic nitrogens is 4. The quantitative estimate of drug-likeness (QED) is 0.248. The number of hydrogen-bond donors (Lipinski definition) is 0. The van der Waals surface area contributed by atoms with Gasteiger partial charge in [0.25, 0.3) is 11.8 Å². The summed E-state index contributed by atoms with van der Waals surface area (Å²) in [6.07, 6.45) is 1.45. The molecule has 168 valence electrons. The van der Waals surface area contributed by atoms with E-state index in [1.54, 1.807) is 66.7 Å². The second kappa shape index (κ2) is 8.58. The first kappa shape index (κ1) is 21.0. The molecule has 0 radical (unpaired) electrons. The van der Waals surface area contributed by atoms with E-state index >= 15 is 0 Å². The van der Waals surface area contributed by atoms with Gasteiger partial charge >= 0.3 is 5.97 Å². The third kappa shape index (κ3) is 3.77. The first-order valence-corrected chi connectivity index (χ1v) is 10.2. The van der Waals surface area contributed by atoms with Crippen LogP contribution in [0.3, 0.4) is 0 Å². The van der Waals surface area contributed by atoms with Crippen LogP contribution in [0.4, 0.5) is 0 Å². The van der Waals surface area contributed by atoms with Crippen LogP contribution in [0.2, 0.25) is 0 Å². The molecule has 1 aliphatic rings. The van der Waals surface area contributed by atoms with Crippen molar-refractivity contribution in [1.29, 1.82) is 0 Å². The van der Waals surface area contributed by atoms with Crippen molar-refractivity contribution in [1.82, 2.24) is 25.1 Å². The molecule has 0 atom stereocenters. The molecule has 0 bridgehead atoms. The van der Waals surface area contributed by atoms with E-state index in [1.165, 1.54) is 18.1 Å². The van der Waals surface area contributed by atoms with Crippen molar-refractivity contribution in [2.24, 2.45) is 0 Å². The molecule has 0 fully saturated rings. The molecule has 0 saturated carbocycles. The van der Waals surface area contributed by atoms with Crippen molar-refractivity contribution in [3.8, 4) is 17.2 Å². The number of carbonyl (C=O) groups excluding carboxylic acids is 3. The van der Waals surface area contributed by atoms with Crippen LogP contribution in [-0.2, 0) is 6.54 Å². The number of carbonyl (C=O) groups is 3. The number of esters is 1. The first-order chi connectivity index (χ1) is 16.5. The fourth-order valence-corrected chi connectivity index (χ4v) is 3.69. The third-order valence-corrected chi connectivity index (χ3v) is 5.36. The van der Waals surface area contributed by atoms with Crippen molar-refractivity contribution in [2.75, 3.05) is 7.11 Å². The molecular weight excluding hydrogens is 438 g/mol. The lowest BCUT2D eigenvalue weighted by molar-refractivity contribution is 0.0642. The number of tetrazole rings is 1. The molecule has 4 aromatic rings. The fourth-order valence-electron chi connectivity index (χ4n) is 3.69. The summed E-state index contributed by atoms with van der Waals surface area (Å²) in [6.45, 7) is 0.0112. The highest BCUT2D eigenvalue weighted by molar-refractivity contribution is 6.21. The Kier molecular flexibility index (Phi) is 5.30. The minimum absolute atomic E-state index is 0.0112. The Labute approximate surface area is 193 Å². The van der Waals surface area contributed by atoms with Gasteiger partial charge in [0.1, 0.15) is 23.4 Å². The zero-order valence-corrected chi connectivity index (χ0v) is 17.9. The average molecular weight is 455 g/mol. The molecule has 2 amide bonds. The second-order valence-corrected chi connectivity index (χ2v) is 7.41. The molecule has 3 aromatic carbocycles. The number of benzene rings is 3. The summed E-state index contributed by atoms with van der Waals surface area (Å²) in [7, 11) is 1.44. The molecule has 0 N–H and O–H groups in total. The highest BCUT2D eigenvalue weighted by Crippen LogP contribution is 2.27. The van der Waals surface area contributed by atoms with Crippen molar-refractivity contribution >= 4 is 17.8 Å². The summed E-state index contributed by atoms with van der Waals surface area (Å²) < 4.78 is 12.3. The highest BCUT2D eigenvalue weighted by atomic mass is 16.5. The van der Waals surface area contributed by atoms with Gasteiger partial charge in [-0.15, -0.1) is 5.10 Å². The molecule has 2 heterocycles. The van der Waals surface area contributed by atoms with E-state index in [0.717, 1.165) is 4.90 Å². The van der Waals surface area contributed by atoms with Crippen molar-refractivity contribution in [3.05, 3.63) is 95.3 Å². The lowest BCUT2D eigenvalue weighted by atomic mass is 10.1. The number of fused-ring (bicyclic) bond motifs is 1. The second-order valence-electron chi connectivity index (χ2n) is 7.41. The Morgan fingerprint density at radius 1 is 0.941 bits per heavy atom. The van der Waals surface area contributed by atoms with E-state index < -0.39 is 5.97 Å². The number of hydrogen-bond acceptors (Lipinski definition) is 8. The largest absolute Gasteiger partial charge is 0.496 e.